The Morgan fingerprint density at radius 3 is 2.50 bits per heavy atom. The maximum atomic E-state index is 12.0. The van der Waals surface area contributed by atoms with Crippen molar-refractivity contribution in [1.82, 2.24) is 30.7 Å². The summed E-state index contributed by atoms with van der Waals surface area (Å²) in [6.07, 6.45) is 3.11. The van der Waals surface area contributed by atoms with E-state index in [0.29, 0.717) is 12.5 Å². The molecule has 0 unspecified atom stereocenters. The lowest BCUT2D eigenvalue weighted by atomic mass is 10.1. The quantitative estimate of drug-likeness (QED) is 0.218. The fourth-order valence-corrected chi connectivity index (χ4v) is 2.40. The van der Waals surface area contributed by atoms with Crippen LogP contribution in [0.1, 0.15) is 38.8 Å². The SMILES string of the molecule is CSCCCNC(=NCc1nnc(C)n1C)NCC(=O)NC(C)(C)C.I. The van der Waals surface area contributed by atoms with Gasteiger partial charge in [-0.25, -0.2) is 4.99 Å². The van der Waals surface area contributed by atoms with E-state index in [1.54, 1.807) is 11.8 Å². The third-order valence-corrected chi connectivity index (χ3v) is 4.01. The van der Waals surface area contributed by atoms with E-state index in [0.717, 1.165) is 30.4 Å². The van der Waals surface area contributed by atoms with Gasteiger partial charge in [0.25, 0.3) is 0 Å². The van der Waals surface area contributed by atoms with Crippen molar-refractivity contribution in [2.75, 3.05) is 25.1 Å². The fourth-order valence-electron chi connectivity index (χ4n) is 1.96. The van der Waals surface area contributed by atoms with Crippen molar-refractivity contribution in [1.29, 1.82) is 0 Å². The molecule has 1 heterocycles. The molecular weight excluding hydrogens is 465 g/mol. The van der Waals surface area contributed by atoms with Crippen molar-refractivity contribution in [2.24, 2.45) is 12.0 Å². The van der Waals surface area contributed by atoms with Crippen LogP contribution in [0.2, 0.25) is 0 Å². The minimum Gasteiger partial charge on any atom is -0.356 e. The van der Waals surface area contributed by atoms with E-state index in [1.165, 1.54) is 0 Å². The number of amides is 1. The number of aryl methyl sites for hydroxylation is 1. The van der Waals surface area contributed by atoms with E-state index in [9.17, 15) is 4.79 Å². The number of nitrogens with one attached hydrogen (secondary N) is 3. The molecule has 0 spiro atoms. The van der Waals surface area contributed by atoms with Crippen LogP contribution in [0.3, 0.4) is 0 Å². The van der Waals surface area contributed by atoms with Crippen LogP contribution in [-0.4, -0.2) is 57.3 Å². The molecule has 8 nitrogen and oxygen atoms in total. The molecule has 0 aliphatic heterocycles. The van der Waals surface area contributed by atoms with Gasteiger partial charge in [0.1, 0.15) is 12.4 Å². The van der Waals surface area contributed by atoms with Crippen LogP contribution in [-0.2, 0) is 18.4 Å². The van der Waals surface area contributed by atoms with Gasteiger partial charge in [-0.15, -0.1) is 34.2 Å². The lowest BCUT2D eigenvalue weighted by molar-refractivity contribution is -0.121. The second-order valence-electron chi connectivity index (χ2n) is 6.81. The summed E-state index contributed by atoms with van der Waals surface area (Å²) in [7, 11) is 1.91. The number of carbonyl (C=O) groups excluding carboxylic acids is 1. The molecule has 0 aromatic carbocycles. The number of guanidine groups is 1. The predicted octanol–water partition coefficient (Wildman–Crippen LogP) is 1.44. The van der Waals surface area contributed by atoms with Crippen molar-refractivity contribution >= 4 is 47.6 Å². The number of nitrogens with zero attached hydrogens (tertiary/aromatic N) is 4. The van der Waals surface area contributed by atoms with Gasteiger partial charge in [0.15, 0.2) is 11.8 Å². The molecule has 0 bridgehead atoms. The summed E-state index contributed by atoms with van der Waals surface area (Å²) < 4.78 is 1.90. The Hall–Kier alpha value is -1.04. The molecule has 0 radical (unpaired) electrons. The van der Waals surface area contributed by atoms with Gasteiger partial charge in [-0.3, -0.25) is 4.79 Å². The summed E-state index contributed by atoms with van der Waals surface area (Å²) in [5.41, 5.74) is -0.252. The monoisotopic (exact) mass is 497 g/mol. The number of aliphatic imine (C=N–C) groups is 1. The number of hydrogen-bond acceptors (Lipinski definition) is 5. The maximum absolute atomic E-state index is 12.0. The molecular formula is C16H32IN7OS. The summed E-state index contributed by atoms with van der Waals surface area (Å²) in [6, 6.07) is 0. The zero-order valence-electron chi connectivity index (χ0n) is 16.5. The standard InChI is InChI=1S/C16H31N7OS.HI/c1-12-21-22-13(23(12)5)10-18-15(17-8-7-9-25-6)19-11-14(24)20-16(2,3)4;/h7-11H2,1-6H3,(H,20,24)(H2,17,18,19);1H. The minimum atomic E-state index is -0.252. The predicted molar refractivity (Wildman–Crippen MR) is 119 cm³/mol. The van der Waals surface area contributed by atoms with Crippen LogP contribution in [0.25, 0.3) is 0 Å². The number of rotatable bonds is 8. The van der Waals surface area contributed by atoms with Gasteiger partial charge in [0.2, 0.25) is 5.91 Å². The molecule has 10 heteroatoms. The van der Waals surface area contributed by atoms with Crippen LogP contribution < -0.4 is 16.0 Å². The first-order valence-corrected chi connectivity index (χ1v) is 9.79. The molecule has 150 valence electrons. The molecule has 1 aromatic heterocycles. The van der Waals surface area contributed by atoms with Gasteiger partial charge >= 0.3 is 0 Å². The molecule has 0 fully saturated rings. The lowest BCUT2D eigenvalue weighted by Crippen LogP contribution is -2.48. The molecule has 0 aliphatic carbocycles. The van der Waals surface area contributed by atoms with Crippen molar-refractivity contribution in [3.63, 3.8) is 0 Å². The third kappa shape index (κ3) is 10.2. The highest BCUT2D eigenvalue weighted by Crippen LogP contribution is 2.00. The summed E-state index contributed by atoms with van der Waals surface area (Å²) >= 11 is 1.81. The van der Waals surface area contributed by atoms with Crippen LogP contribution in [0.5, 0.6) is 0 Å². The first kappa shape index (κ1) is 25.0. The largest absolute Gasteiger partial charge is 0.356 e. The molecule has 0 aliphatic rings. The molecule has 3 N–H and O–H groups in total. The average Bonchev–Trinajstić information content (AvgIpc) is 2.83. The van der Waals surface area contributed by atoms with E-state index in [1.807, 2.05) is 39.3 Å². The molecule has 0 saturated carbocycles. The third-order valence-electron chi connectivity index (χ3n) is 3.31. The van der Waals surface area contributed by atoms with E-state index in [-0.39, 0.29) is 42.0 Å². The van der Waals surface area contributed by atoms with Crippen molar-refractivity contribution in [3.8, 4) is 0 Å². The summed E-state index contributed by atoms with van der Waals surface area (Å²) in [4.78, 5) is 16.5. The summed E-state index contributed by atoms with van der Waals surface area (Å²) in [5, 5.41) is 17.4. The summed E-state index contributed by atoms with van der Waals surface area (Å²) in [5.74, 6) is 3.23. The van der Waals surface area contributed by atoms with Crippen LogP contribution in [0.15, 0.2) is 4.99 Å². The van der Waals surface area contributed by atoms with Gasteiger partial charge in [-0.1, -0.05) is 0 Å². The molecule has 1 aromatic rings. The Kier molecular flexibility index (Phi) is 11.9. The Morgan fingerprint density at radius 2 is 1.96 bits per heavy atom. The normalized spacial score (nSPS) is 11.7. The second kappa shape index (κ2) is 12.4. The number of aromatic nitrogens is 3. The molecule has 0 atom stereocenters. The van der Waals surface area contributed by atoms with Crippen LogP contribution >= 0.6 is 35.7 Å². The van der Waals surface area contributed by atoms with Crippen LogP contribution in [0.4, 0.5) is 0 Å². The van der Waals surface area contributed by atoms with Gasteiger partial charge in [-0.05, 0) is 46.1 Å². The zero-order chi connectivity index (χ0) is 18.9. The molecule has 1 amide bonds. The highest BCUT2D eigenvalue weighted by atomic mass is 127. The molecule has 26 heavy (non-hydrogen) atoms. The Balaban J connectivity index is 0.00000625. The number of halogens is 1. The van der Waals surface area contributed by atoms with Crippen molar-refractivity contribution in [3.05, 3.63) is 11.6 Å². The van der Waals surface area contributed by atoms with E-state index in [2.05, 4.69) is 37.4 Å². The number of thioether (sulfide) groups is 1. The molecule has 1 rings (SSSR count). The topological polar surface area (TPSA) is 96.2 Å². The van der Waals surface area contributed by atoms with E-state index in [4.69, 9.17) is 0 Å². The fraction of sp³-hybridized carbons (Fsp3) is 0.750. The maximum Gasteiger partial charge on any atom is 0.239 e. The Labute approximate surface area is 177 Å². The first-order chi connectivity index (χ1) is 11.7. The Bertz CT molecular complexity index is 584. The van der Waals surface area contributed by atoms with E-state index >= 15 is 0 Å². The van der Waals surface area contributed by atoms with Gasteiger partial charge < -0.3 is 20.5 Å². The summed E-state index contributed by atoms with van der Waals surface area (Å²) in [6.45, 7) is 9.13. The zero-order valence-corrected chi connectivity index (χ0v) is 19.7. The van der Waals surface area contributed by atoms with E-state index < -0.39 is 0 Å². The lowest BCUT2D eigenvalue weighted by Gasteiger charge is -2.21. The van der Waals surface area contributed by atoms with Crippen molar-refractivity contribution in [2.45, 2.75) is 46.2 Å². The first-order valence-electron chi connectivity index (χ1n) is 8.40. The van der Waals surface area contributed by atoms with Crippen molar-refractivity contribution < 1.29 is 4.79 Å². The number of carbonyl (C=O) groups is 1. The average molecular weight is 497 g/mol. The highest BCUT2D eigenvalue weighted by molar-refractivity contribution is 14.0. The van der Waals surface area contributed by atoms with Gasteiger partial charge in [0.05, 0.1) is 6.54 Å². The Morgan fingerprint density at radius 1 is 1.27 bits per heavy atom. The smallest absolute Gasteiger partial charge is 0.239 e. The van der Waals surface area contributed by atoms with Crippen LogP contribution in [0, 0.1) is 6.92 Å². The number of hydrogen-bond donors (Lipinski definition) is 3. The molecule has 0 saturated heterocycles. The van der Waals surface area contributed by atoms with Gasteiger partial charge in [0, 0.05) is 19.1 Å². The second-order valence-corrected chi connectivity index (χ2v) is 7.80. The van der Waals surface area contributed by atoms with Gasteiger partial charge in [-0.2, -0.15) is 11.8 Å². The minimum absolute atomic E-state index is 0. The highest BCUT2D eigenvalue weighted by Gasteiger charge is 2.14.